The van der Waals surface area contributed by atoms with Crippen LogP contribution in [-0.4, -0.2) is 15.5 Å². The summed E-state index contributed by atoms with van der Waals surface area (Å²) in [5.74, 6) is 0. The second-order valence-electron chi connectivity index (χ2n) is 2.22. The van der Waals surface area contributed by atoms with Crippen molar-refractivity contribution < 1.29 is 9.59 Å². The maximum Gasteiger partial charge on any atom is 0.199 e. The van der Waals surface area contributed by atoms with Gasteiger partial charge in [-0.25, -0.2) is 0 Å². The van der Waals surface area contributed by atoms with Gasteiger partial charge in [0.25, 0.3) is 0 Å². The van der Waals surface area contributed by atoms with Crippen molar-refractivity contribution in [3.05, 3.63) is 0 Å². The standard InChI is InChI=1S/C7H12O2S2/c1-3-4-6(8)11-5(2)7(9)10/h5H,3-4H2,1-2H3,(H,9,10). The predicted octanol–water partition coefficient (Wildman–Crippen LogP) is 1.89. The smallest absolute Gasteiger partial charge is 0.199 e. The average molecular weight is 192 g/mol. The molecule has 0 aliphatic heterocycles. The highest BCUT2D eigenvalue weighted by Gasteiger charge is 2.13. The van der Waals surface area contributed by atoms with Crippen molar-refractivity contribution >= 4 is 34.6 Å². The van der Waals surface area contributed by atoms with Crippen LogP contribution < -0.4 is 0 Å². The molecule has 0 N–H and O–H groups in total. The molecule has 1 unspecified atom stereocenters. The molecule has 11 heavy (non-hydrogen) atoms. The summed E-state index contributed by atoms with van der Waals surface area (Å²) in [6.07, 6.45) is 1.37. The van der Waals surface area contributed by atoms with E-state index in [1.165, 1.54) is 0 Å². The van der Waals surface area contributed by atoms with E-state index < -0.39 is 0 Å². The first-order valence-corrected chi connectivity index (χ1v) is 4.83. The van der Waals surface area contributed by atoms with E-state index >= 15 is 0 Å². The number of rotatable bonds is 4. The molecule has 0 spiro atoms. The molecule has 0 aliphatic carbocycles. The molecule has 0 bridgehead atoms. The molecule has 0 aliphatic rings. The van der Waals surface area contributed by atoms with Crippen LogP contribution >= 0.6 is 24.4 Å². The third-order valence-corrected chi connectivity index (χ3v) is 2.71. The molecule has 0 aromatic carbocycles. The van der Waals surface area contributed by atoms with E-state index in [2.05, 4.69) is 12.6 Å². The first-order chi connectivity index (χ1) is 5.07. The van der Waals surface area contributed by atoms with Crippen LogP contribution in [0, 0.1) is 0 Å². The van der Waals surface area contributed by atoms with E-state index in [0.29, 0.717) is 6.42 Å². The highest BCUT2D eigenvalue weighted by atomic mass is 32.2. The van der Waals surface area contributed by atoms with Crippen LogP contribution in [0.5, 0.6) is 0 Å². The van der Waals surface area contributed by atoms with Gasteiger partial charge in [0.05, 0.1) is 5.25 Å². The first-order valence-electron chi connectivity index (χ1n) is 3.50. The van der Waals surface area contributed by atoms with Gasteiger partial charge in [-0.15, -0.1) is 12.6 Å². The Hall–Kier alpha value is 0.0400. The van der Waals surface area contributed by atoms with Crippen molar-refractivity contribution in [1.29, 1.82) is 0 Å². The van der Waals surface area contributed by atoms with Gasteiger partial charge in [0.15, 0.2) is 10.2 Å². The van der Waals surface area contributed by atoms with Gasteiger partial charge >= 0.3 is 0 Å². The molecule has 2 nitrogen and oxygen atoms in total. The van der Waals surface area contributed by atoms with Gasteiger partial charge in [0, 0.05) is 6.42 Å². The first kappa shape index (κ1) is 11.0. The minimum atomic E-state index is -0.308. The zero-order chi connectivity index (χ0) is 8.85. The third kappa shape index (κ3) is 5.32. The summed E-state index contributed by atoms with van der Waals surface area (Å²) < 4.78 is 0. The minimum Gasteiger partial charge on any atom is -0.287 e. The molecule has 0 aromatic rings. The summed E-state index contributed by atoms with van der Waals surface area (Å²) in [6.45, 7) is 3.62. The monoisotopic (exact) mass is 192 g/mol. The molecule has 4 heteroatoms. The average Bonchev–Trinajstić information content (AvgIpc) is 1.87. The molecular weight excluding hydrogens is 180 g/mol. The van der Waals surface area contributed by atoms with E-state index in [-0.39, 0.29) is 15.5 Å². The van der Waals surface area contributed by atoms with Crippen LogP contribution in [0.2, 0.25) is 0 Å². The van der Waals surface area contributed by atoms with Crippen molar-refractivity contribution in [3.63, 3.8) is 0 Å². The molecule has 0 fully saturated rings. The Morgan fingerprint density at radius 1 is 1.55 bits per heavy atom. The Kier molecular flexibility index (Phi) is 5.68. The molecule has 0 saturated heterocycles. The fourth-order valence-corrected chi connectivity index (χ4v) is 1.49. The SMILES string of the molecule is CCCC(=O)SC(C)C(=O)S. The molecule has 0 heterocycles. The fraction of sp³-hybridized carbons (Fsp3) is 0.714. The Morgan fingerprint density at radius 3 is 2.45 bits per heavy atom. The van der Waals surface area contributed by atoms with E-state index in [1.54, 1.807) is 6.92 Å². The summed E-state index contributed by atoms with van der Waals surface area (Å²) in [5.41, 5.74) is 0. The van der Waals surface area contributed by atoms with Crippen molar-refractivity contribution in [1.82, 2.24) is 0 Å². The number of hydrogen-bond donors (Lipinski definition) is 1. The lowest BCUT2D eigenvalue weighted by atomic mass is 10.4. The minimum absolute atomic E-state index is 0.0717. The van der Waals surface area contributed by atoms with E-state index in [1.807, 2.05) is 6.92 Å². The van der Waals surface area contributed by atoms with Crippen molar-refractivity contribution in [2.45, 2.75) is 31.9 Å². The lowest BCUT2D eigenvalue weighted by molar-refractivity contribution is -0.112. The van der Waals surface area contributed by atoms with E-state index in [0.717, 1.165) is 18.2 Å². The van der Waals surface area contributed by atoms with E-state index in [9.17, 15) is 9.59 Å². The maximum atomic E-state index is 10.9. The van der Waals surface area contributed by atoms with Gasteiger partial charge in [-0.05, 0) is 13.3 Å². The van der Waals surface area contributed by atoms with Gasteiger partial charge in [0.1, 0.15) is 0 Å². The van der Waals surface area contributed by atoms with Gasteiger partial charge in [-0.2, -0.15) is 0 Å². The summed E-state index contributed by atoms with van der Waals surface area (Å²) in [4.78, 5) is 21.5. The molecule has 0 saturated carbocycles. The Morgan fingerprint density at radius 2 is 2.09 bits per heavy atom. The Labute approximate surface area is 76.5 Å². The van der Waals surface area contributed by atoms with Crippen LogP contribution in [0.15, 0.2) is 0 Å². The maximum absolute atomic E-state index is 10.9. The quantitative estimate of drug-likeness (QED) is 0.691. The van der Waals surface area contributed by atoms with Gasteiger partial charge in [-0.3, -0.25) is 9.59 Å². The normalized spacial score (nSPS) is 12.6. The molecule has 0 aromatic heterocycles. The highest BCUT2D eigenvalue weighted by Crippen LogP contribution is 2.16. The van der Waals surface area contributed by atoms with Crippen LogP contribution in [0.4, 0.5) is 0 Å². The van der Waals surface area contributed by atoms with E-state index in [4.69, 9.17) is 0 Å². The van der Waals surface area contributed by atoms with Gasteiger partial charge in [0.2, 0.25) is 0 Å². The topological polar surface area (TPSA) is 34.1 Å². The molecule has 0 amide bonds. The largest absolute Gasteiger partial charge is 0.287 e. The predicted molar refractivity (Wildman–Crippen MR) is 51.0 cm³/mol. The summed E-state index contributed by atoms with van der Waals surface area (Å²) in [6, 6.07) is 0. The molecule has 0 rings (SSSR count). The zero-order valence-electron chi connectivity index (χ0n) is 6.66. The Balaban J connectivity index is 3.66. The summed E-state index contributed by atoms with van der Waals surface area (Å²) in [5, 5.41) is -0.473. The van der Waals surface area contributed by atoms with Crippen molar-refractivity contribution in [2.75, 3.05) is 0 Å². The number of carbonyl (C=O) groups excluding carboxylic acids is 2. The van der Waals surface area contributed by atoms with Crippen molar-refractivity contribution in [2.24, 2.45) is 0 Å². The Bertz CT molecular complexity index is 157. The van der Waals surface area contributed by atoms with Crippen LogP contribution in [0.25, 0.3) is 0 Å². The lowest BCUT2D eigenvalue weighted by Crippen LogP contribution is -2.09. The van der Waals surface area contributed by atoms with Crippen molar-refractivity contribution in [3.8, 4) is 0 Å². The number of thioether (sulfide) groups is 1. The number of carbonyl (C=O) groups is 2. The second kappa shape index (κ2) is 5.66. The fourth-order valence-electron chi connectivity index (χ4n) is 0.511. The number of hydrogen-bond acceptors (Lipinski definition) is 3. The van der Waals surface area contributed by atoms with Gasteiger partial charge < -0.3 is 0 Å². The molecular formula is C7H12O2S2. The summed E-state index contributed by atoms with van der Waals surface area (Å²) in [7, 11) is 0. The van der Waals surface area contributed by atoms with Crippen LogP contribution in [0.1, 0.15) is 26.7 Å². The summed E-state index contributed by atoms with van der Waals surface area (Å²) >= 11 is 4.69. The molecule has 1 atom stereocenters. The van der Waals surface area contributed by atoms with Crippen LogP contribution in [-0.2, 0) is 9.59 Å². The van der Waals surface area contributed by atoms with Gasteiger partial charge in [-0.1, -0.05) is 18.7 Å². The molecule has 0 radical (unpaired) electrons. The van der Waals surface area contributed by atoms with Crippen LogP contribution in [0.3, 0.4) is 0 Å². The molecule has 64 valence electrons. The zero-order valence-corrected chi connectivity index (χ0v) is 8.37. The third-order valence-electron chi connectivity index (χ3n) is 1.11. The number of thiol groups is 1. The highest BCUT2D eigenvalue weighted by molar-refractivity contribution is 8.16. The lowest BCUT2D eigenvalue weighted by Gasteiger charge is -2.03. The second-order valence-corrected chi connectivity index (χ2v) is 4.06.